The van der Waals surface area contributed by atoms with Crippen LogP contribution in [-0.2, 0) is 26.7 Å². The Labute approximate surface area is 256 Å². The molecule has 2 unspecified atom stereocenters. The van der Waals surface area contributed by atoms with Crippen LogP contribution in [0, 0.1) is 0 Å². The summed E-state index contributed by atoms with van der Waals surface area (Å²) in [5, 5.41) is 3.02. The van der Waals surface area contributed by atoms with E-state index in [9.17, 15) is 4.21 Å². The van der Waals surface area contributed by atoms with Gasteiger partial charge in [0.05, 0.1) is 30.6 Å². The van der Waals surface area contributed by atoms with E-state index in [2.05, 4.69) is 21.9 Å². The summed E-state index contributed by atoms with van der Waals surface area (Å²) < 4.78 is 30.2. The van der Waals surface area contributed by atoms with E-state index < -0.39 is 10.8 Å². The van der Waals surface area contributed by atoms with Crippen molar-refractivity contribution >= 4 is 22.1 Å². The molecule has 0 aliphatic heterocycles. The Bertz CT molecular complexity index is 843. The maximum absolute atomic E-state index is 12.7. The maximum atomic E-state index is 12.7. The first kappa shape index (κ1) is 35.8. The summed E-state index contributed by atoms with van der Waals surface area (Å²) in [6.45, 7) is 4.40. The van der Waals surface area contributed by atoms with Crippen molar-refractivity contribution in [2.45, 2.75) is 122 Å². The zero-order chi connectivity index (χ0) is 29.1. The molecule has 0 N–H and O–H groups in total. The van der Waals surface area contributed by atoms with E-state index >= 15 is 0 Å². The second-order valence-electron chi connectivity index (χ2n) is 10.7. The zero-order valence-electron chi connectivity index (χ0n) is 25.5. The quantitative estimate of drug-likeness (QED) is 0.0865. The molecule has 9 heteroatoms. The number of aromatic nitrogens is 3. The van der Waals surface area contributed by atoms with Crippen molar-refractivity contribution in [3.8, 4) is 6.01 Å². The Hall–Kier alpha value is -1.42. The zero-order valence-corrected chi connectivity index (χ0v) is 27.2. The monoisotopic (exact) mass is 609 g/mol. The summed E-state index contributed by atoms with van der Waals surface area (Å²) in [6.07, 6.45) is 27.2. The third-order valence-electron chi connectivity index (χ3n) is 7.03. The Morgan fingerprint density at radius 1 is 0.732 bits per heavy atom. The van der Waals surface area contributed by atoms with Gasteiger partial charge in [0.25, 0.3) is 0 Å². The Kier molecular flexibility index (Phi) is 22.9. The third kappa shape index (κ3) is 21.0. The van der Waals surface area contributed by atoms with Gasteiger partial charge >= 0.3 is 6.01 Å². The summed E-state index contributed by atoms with van der Waals surface area (Å²) in [6, 6.07) is 2.04. The Morgan fingerprint density at radius 3 is 1.93 bits per heavy atom. The average molecular weight is 610 g/mol. The fourth-order valence-corrected chi connectivity index (χ4v) is 6.31. The van der Waals surface area contributed by atoms with Gasteiger partial charge in [-0.1, -0.05) is 103 Å². The largest absolute Gasteiger partial charge is 0.457 e. The smallest absolute Gasteiger partial charge is 0.316 e. The fraction of sp³-hybridized carbons (Fsp3) is 0.781. The number of unbranched alkanes of at least 4 members (excludes halogenated alkanes) is 15. The minimum Gasteiger partial charge on any atom is -0.457 e. The summed E-state index contributed by atoms with van der Waals surface area (Å²) in [4.78, 5) is 12.5. The number of thiazole rings is 1. The van der Waals surface area contributed by atoms with Gasteiger partial charge in [0, 0.05) is 53.6 Å². The predicted molar refractivity (Wildman–Crippen MR) is 171 cm³/mol. The van der Waals surface area contributed by atoms with Crippen molar-refractivity contribution in [1.82, 2.24) is 15.0 Å². The van der Waals surface area contributed by atoms with Crippen molar-refractivity contribution in [3.63, 3.8) is 0 Å². The minimum atomic E-state index is -1.08. The van der Waals surface area contributed by atoms with Gasteiger partial charge < -0.3 is 14.2 Å². The molecule has 2 atom stereocenters. The lowest BCUT2D eigenvalue weighted by molar-refractivity contribution is 0.0537. The lowest BCUT2D eigenvalue weighted by atomic mass is 10.0. The van der Waals surface area contributed by atoms with Crippen molar-refractivity contribution in [2.24, 2.45) is 0 Å². The lowest BCUT2D eigenvalue weighted by Gasteiger charge is -2.17. The van der Waals surface area contributed by atoms with E-state index in [0.29, 0.717) is 43.9 Å². The standard InChI is InChI=1S/C32H55N3O4S2/c1-2-3-4-5-6-7-8-9-10-11-12-13-14-15-16-17-23-38-28-30(39-32-34-20-18-21-35-32)29-41(36)27-25-37-24-19-31-33-22-26-40-31/h18,20-22,26,30H,2-17,19,23-25,27-29H2,1H3. The van der Waals surface area contributed by atoms with Gasteiger partial charge in [-0.25, -0.2) is 15.0 Å². The molecule has 2 heterocycles. The van der Waals surface area contributed by atoms with Gasteiger partial charge in [-0.15, -0.1) is 11.3 Å². The molecule has 0 saturated carbocycles. The van der Waals surface area contributed by atoms with E-state index in [1.165, 1.54) is 96.3 Å². The van der Waals surface area contributed by atoms with Gasteiger partial charge in [-0.3, -0.25) is 4.21 Å². The van der Waals surface area contributed by atoms with Crippen LogP contribution in [0.25, 0.3) is 0 Å². The molecule has 234 valence electrons. The highest BCUT2D eigenvalue weighted by Gasteiger charge is 2.17. The predicted octanol–water partition coefficient (Wildman–Crippen LogP) is 7.97. The van der Waals surface area contributed by atoms with Crippen LogP contribution < -0.4 is 4.74 Å². The van der Waals surface area contributed by atoms with Crippen LogP contribution in [0.3, 0.4) is 0 Å². The Morgan fingerprint density at radius 2 is 1.34 bits per heavy atom. The van der Waals surface area contributed by atoms with Crippen LogP contribution in [0.4, 0.5) is 0 Å². The van der Waals surface area contributed by atoms with Gasteiger partial charge in [0.2, 0.25) is 0 Å². The van der Waals surface area contributed by atoms with Crippen LogP contribution in [-0.4, -0.2) is 63.2 Å². The third-order valence-corrected chi connectivity index (χ3v) is 9.24. The van der Waals surface area contributed by atoms with Gasteiger partial charge in [-0.05, 0) is 12.5 Å². The van der Waals surface area contributed by atoms with Crippen LogP contribution in [0.5, 0.6) is 6.01 Å². The van der Waals surface area contributed by atoms with E-state index in [0.717, 1.165) is 17.8 Å². The molecule has 0 bridgehead atoms. The van der Waals surface area contributed by atoms with Gasteiger partial charge in [0.15, 0.2) is 0 Å². The highest BCUT2D eigenvalue weighted by molar-refractivity contribution is 7.85. The molecule has 41 heavy (non-hydrogen) atoms. The molecule has 0 aliphatic rings. The van der Waals surface area contributed by atoms with E-state index in [-0.39, 0.29) is 6.10 Å². The second-order valence-corrected chi connectivity index (χ2v) is 13.3. The van der Waals surface area contributed by atoms with Crippen LogP contribution in [0.2, 0.25) is 0 Å². The van der Waals surface area contributed by atoms with Crippen molar-refractivity contribution in [3.05, 3.63) is 35.0 Å². The number of ether oxygens (including phenoxy) is 3. The molecular formula is C32H55N3O4S2. The molecule has 0 fully saturated rings. The summed E-state index contributed by atoms with van der Waals surface area (Å²) in [5.74, 6) is 0.833. The molecule has 0 amide bonds. The molecule has 0 radical (unpaired) electrons. The molecule has 2 aromatic rings. The summed E-state index contributed by atoms with van der Waals surface area (Å²) in [7, 11) is -1.08. The molecule has 0 aliphatic carbocycles. The molecule has 0 aromatic carbocycles. The highest BCUT2D eigenvalue weighted by Crippen LogP contribution is 2.14. The first-order valence-electron chi connectivity index (χ1n) is 16.1. The number of hydrogen-bond donors (Lipinski definition) is 0. The Balaban J connectivity index is 1.46. The lowest BCUT2D eigenvalue weighted by Crippen LogP contribution is -2.31. The number of rotatable bonds is 29. The number of hydrogen-bond acceptors (Lipinski definition) is 8. The van der Waals surface area contributed by atoms with Crippen LogP contribution in [0.1, 0.15) is 115 Å². The molecule has 0 saturated heterocycles. The van der Waals surface area contributed by atoms with E-state index in [1.807, 2.05) is 5.38 Å². The molecular weight excluding hydrogens is 555 g/mol. The summed E-state index contributed by atoms with van der Waals surface area (Å²) >= 11 is 1.62. The minimum absolute atomic E-state index is 0.292. The van der Waals surface area contributed by atoms with Crippen LogP contribution in [0.15, 0.2) is 30.0 Å². The first-order chi connectivity index (χ1) is 20.3. The normalized spacial score (nSPS) is 12.9. The van der Waals surface area contributed by atoms with E-state index in [4.69, 9.17) is 14.2 Å². The SMILES string of the molecule is CCCCCCCCCCCCCCCCCCOCC(CS(=O)CCOCCc1nccs1)Oc1ncccn1. The van der Waals surface area contributed by atoms with Gasteiger partial charge in [-0.2, -0.15) is 0 Å². The maximum Gasteiger partial charge on any atom is 0.316 e. The van der Waals surface area contributed by atoms with E-state index in [1.54, 1.807) is 36.0 Å². The number of nitrogens with zero attached hydrogens (tertiary/aromatic N) is 3. The van der Waals surface area contributed by atoms with Crippen molar-refractivity contribution < 1.29 is 18.4 Å². The fourth-order valence-electron chi connectivity index (χ4n) is 4.66. The molecule has 2 rings (SSSR count). The summed E-state index contributed by atoms with van der Waals surface area (Å²) in [5.41, 5.74) is 0. The van der Waals surface area contributed by atoms with Crippen LogP contribution >= 0.6 is 11.3 Å². The molecule has 7 nitrogen and oxygen atoms in total. The van der Waals surface area contributed by atoms with Crippen molar-refractivity contribution in [2.75, 3.05) is 37.9 Å². The average Bonchev–Trinajstić information content (AvgIpc) is 3.50. The van der Waals surface area contributed by atoms with Crippen molar-refractivity contribution in [1.29, 1.82) is 0 Å². The first-order valence-corrected chi connectivity index (χ1v) is 18.5. The topological polar surface area (TPSA) is 83.4 Å². The highest BCUT2D eigenvalue weighted by atomic mass is 32.2. The molecule has 0 spiro atoms. The second kappa shape index (κ2) is 26.2. The molecule has 2 aromatic heterocycles. The van der Waals surface area contributed by atoms with Gasteiger partial charge in [0.1, 0.15) is 6.10 Å².